The summed E-state index contributed by atoms with van der Waals surface area (Å²) in [5, 5.41) is 9.01. The predicted molar refractivity (Wildman–Crippen MR) is 64.2 cm³/mol. The zero-order valence-corrected chi connectivity index (χ0v) is 10.6. The van der Waals surface area contributed by atoms with Gasteiger partial charge in [0.1, 0.15) is 0 Å². The second kappa shape index (κ2) is 6.21. The lowest BCUT2D eigenvalue weighted by atomic mass is 10.2. The van der Waals surface area contributed by atoms with Gasteiger partial charge < -0.3 is 10.0 Å². The van der Waals surface area contributed by atoms with Crippen molar-refractivity contribution in [3.63, 3.8) is 0 Å². The van der Waals surface area contributed by atoms with E-state index in [1.165, 1.54) is 0 Å². The van der Waals surface area contributed by atoms with Crippen LogP contribution in [-0.2, 0) is 4.79 Å². The van der Waals surface area contributed by atoms with Crippen LogP contribution in [0.2, 0.25) is 0 Å². The lowest BCUT2D eigenvalue weighted by molar-refractivity contribution is -0.130. The van der Waals surface area contributed by atoms with Crippen molar-refractivity contribution in [3.05, 3.63) is 0 Å². The number of hydrogen-bond acceptors (Lipinski definition) is 3. The van der Waals surface area contributed by atoms with Gasteiger partial charge in [0.2, 0.25) is 5.91 Å². The van der Waals surface area contributed by atoms with Gasteiger partial charge in [-0.15, -0.1) is 0 Å². The molecule has 0 aromatic heterocycles. The minimum absolute atomic E-state index is 0.176. The molecule has 0 unspecified atom stereocenters. The predicted octanol–water partition coefficient (Wildman–Crippen LogP) is 0.700. The van der Waals surface area contributed by atoms with Crippen LogP contribution in [0.25, 0.3) is 0 Å². The smallest absolute Gasteiger partial charge is 0.219 e. The maximum Gasteiger partial charge on any atom is 0.219 e. The van der Waals surface area contributed by atoms with Gasteiger partial charge in [0.25, 0.3) is 0 Å². The Bertz CT molecular complexity index is 231. The van der Waals surface area contributed by atoms with Gasteiger partial charge >= 0.3 is 0 Å². The highest BCUT2D eigenvalue weighted by Gasteiger charge is 2.28. The molecule has 0 aliphatic carbocycles. The van der Waals surface area contributed by atoms with E-state index in [0.717, 1.165) is 25.9 Å². The Morgan fingerprint density at radius 3 is 2.75 bits per heavy atom. The second-order valence-electron chi connectivity index (χ2n) is 4.82. The molecule has 0 spiro atoms. The molecule has 0 aromatic carbocycles. The van der Waals surface area contributed by atoms with Crippen LogP contribution < -0.4 is 0 Å². The van der Waals surface area contributed by atoms with E-state index in [1.54, 1.807) is 6.92 Å². The Balaban J connectivity index is 2.53. The minimum atomic E-state index is 0.176. The first kappa shape index (κ1) is 13.5. The number of carbonyl (C=O) groups excluding carboxylic acids is 1. The average Bonchev–Trinajstić information content (AvgIpc) is 2.65. The van der Waals surface area contributed by atoms with Gasteiger partial charge in [0.05, 0.1) is 6.61 Å². The largest absolute Gasteiger partial charge is 0.395 e. The van der Waals surface area contributed by atoms with E-state index in [0.29, 0.717) is 18.6 Å². The van der Waals surface area contributed by atoms with Crippen LogP contribution in [0.3, 0.4) is 0 Å². The van der Waals surface area contributed by atoms with Crippen LogP contribution in [0.4, 0.5) is 0 Å². The molecule has 4 heteroatoms. The van der Waals surface area contributed by atoms with Crippen molar-refractivity contribution in [1.82, 2.24) is 9.80 Å². The maximum atomic E-state index is 11.4. The van der Waals surface area contributed by atoms with E-state index in [1.807, 2.05) is 4.90 Å². The average molecular weight is 228 g/mol. The van der Waals surface area contributed by atoms with Gasteiger partial charge in [-0.2, -0.15) is 0 Å². The monoisotopic (exact) mass is 228 g/mol. The van der Waals surface area contributed by atoms with Gasteiger partial charge in [-0.3, -0.25) is 9.69 Å². The van der Waals surface area contributed by atoms with Crippen molar-refractivity contribution in [1.29, 1.82) is 0 Å². The zero-order valence-electron chi connectivity index (χ0n) is 10.6. The van der Waals surface area contributed by atoms with Crippen LogP contribution in [0.5, 0.6) is 0 Å². The molecule has 1 rings (SSSR count). The molecule has 1 heterocycles. The normalized spacial score (nSPS) is 21.1. The van der Waals surface area contributed by atoms with Crippen LogP contribution >= 0.6 is 0 Å². The first-order valence-corrected chi connectivity index (χ1v) is 6.18. The molecule has 4 nitrogen and oxygen atoms in total. The number of aliphatic hydroxyl groups is 1. The molecular formula is C12H24N2O2. The zero-order chi connectivity index (χ0) is 12.1. The first-order chi connectivity index (χ1) is 7.56. The molecule has 0 aromatic rings. The number of likely N-dealkylation sites (tertiary alicyclic amines) is 1. The lowest BCUT2D eigenvalue weighted by Gasteiger charge is -2.32. The summed E-state index contributed by atoms with van der Waals surface area (Å²) in [6.45, 7) is 8.56. The molecule has 1 amide bonds. The fourth-order valence-corrected chi connectivity index (χ4v) is 2.40. The van der Waals surface area contributed by atoms with E-state index in [4.69, 9.17) is 5.11 Å². The highest BCUT2D eigenvalue weighted by Crippen LogP contribution is 2.19. The molecule has 1 N–H and O–H groups in total. The number of rotatable bonds is 5. The minimum Gasteiger partial charge on any atom is -0.395 e. The van der Waals surface area contributed by atoms with Gasteiger partial charge in [-0.05, 0) is 26.7 Å². The highest BCUT2D eigenvalue weighted by molar-refractivity contribution is 5.73. The molecule has 94 valence electrons. The lowest BCUT2D eigenvalue weighted by Crippen LogP contribution is -2.45. The Morgan fingerprint density at radius 2 is 2.25 bits per heavy atom. The molecule has 1 saturated heterocycles. The Morgan fingerprint density at radius 1 is 1.56 bits per heavy atom. The second-order valence-corrected chi connectivity index (χ2v) is 4.82. The van der Waals surface area contributed by atoms with Gasteiger partial charge in [0.15, 0.2) is 0 Å². The quantitative estimate of drug-likeness (QED) is 0.753. The highest BCUT2D eigenvalue weighted by atomic mass is 16.3. The van der Waals surface area contributed by atoms with Crippen molar-refractivity contribution >= 4 is 5.91 Å². The number of nitrogens with zero attached hydrogens (tertiary/aromatic N) is 2. The summed E-state index contributed by atoms with van der Waals surface area (Å²) in [6, 6.07) is 0.757. The van der Waals surface area contributed by atoms with Crippen molar-refractivity contribution in [2.45, 2.75) is 45.7 Å². The standard InChI is InChI=1S/C12H24N2O2/c1-10(2)13(7-8-15)9-12-5-4-6-14(12)11(3)16/h10,12,15H,4-9H2,1-3H3/t12-/m1/s1. The van der Waals surface area contributed by atoms with E-state index >= 15 is 0 Å². The third kappa shape index (κ3) is 3.46. The van der Waals surface area contributed by atoms with Crippen LogP contribution in [0.15, 0.2) is 0 Å². The van der Waals surface area contributed by atoms with Crippen molar-refractivity contribution < 1.29 is 9.90 Å². The van der Waals surface area contributed by atoms with Crippen molar-refractivity contribution in [3.8, 4) is 0 Å². The number of aliphatic hydroxyl groups excluding tert-OH is 1. The van der Waals surface area contributed by atoms with Gasteiger partial charge in [0, 0.05) is 38.6 Å². The van der Waals surface area contributed by atoms with Gasteiger partial charge in [-0.25, -0.2) is 0 Å². The number of hydrogen-bond donors (Lipinski definition) is 1. The van der Waals surface area contributed by atoms with E-state index in [-0.39, 0.29) is 12.5 Å². The summed E-state index contributed by atoms with van der Waals surface area (Å²) in [7, 11) is 0. The van der Waals surface area contributed by atoms with E-state index in [9.17, 15) is 4.79 Å². The van der Waals surface area contributed by atoms with Crippen molar-refractivity contribution in [2.24, 2.45) is 0 Å². The molecule has 1 fully saturated rings. The van der Waals surface area contributed by atoms with Gasteiger partial charge in [-0.1, -0.05) is 0 Å². The Labute approximate surface area is 98.2 Å². The number of carbonyl (C=O) groups is 1. The summed E-state index contributed by atoms with van der Waals surface area (Å²) >= 11 is 0. The fourth-order valence-electron chi connectivity index (χ4n) is 2.40. The topological polar surface area (TPSA) is 43.8 Å². The Kier molecular flexibility index (Phi) is 5.22. The van der Waals surface area contributed by atoms with Crippen LogP contribution in [0, 0.1) is 0 Å². The molecule has 1 aliphatic rings. The maximum absolute atomic E-state index is 11.4. The molecule has 0 bridgehead atoms. The van der Waals surface area contributed by atoms with Crippen LogP contribution in [0.1, 0.15) is 33.6 Å². The van der Waals surface area contributed by atoms with E-state index < -0.39 is 0 Å². The number of amides is 1. The third-order valence-electron chi connectivity index (χ3n) is 3.34. The Hall–Kier alpha value is -0.610. The molecule has 0 radical (unpaired) electrons. The first-order valence-electron chi connectivity index (χ1n) is 6.18. The summed E-state index contributed by atoms with van der Waals surface area (Å²) in [5.74, 6) is 0.176. The van der Waals surface area contributed by atoms with E-state index in [2.05, 4.69) is 18.7 Å². The summed E-state index contributed by atoms with van der Waals surface area (Å²) in [5.41, 5.74) is 0. The molecule has 16 heavy (non-hydrogen) atoms. The van der Waals surface area contributed by atoms with Crippen molar-refractivity contribution in [2.75, 3.05) is 26.2 Å². The molecular weight excluding hydrogens is 204 g/mol. The molecule has 0 saturated carbocycles. The fraction of sp³-hybridized carbons (Fsp3) is 0.917. The molecule has 1 aliphatic heterocycles. The molecule has 1 atom stereocenters. The summed E-state index contributed by atoms with van der Waals surface area (Å²) < 4.78 is 0. The third-order valence-corrected chi connectivity index (χ3v) is 3.34. The summed E-state index contributed by atoms with van der Waals surface area (Å²) in [6.07, 6.45) is 2.20. The van der Waals surface area contributed by atoms with Crippen LogP contribution in [-0.4, -0.2) is 59.1 Å². The summed E-state index contributed by atoms with van der Waals surface area (Å²) in [4.78, 5) is 15.6. The SMILES string of the molecule is CC(=O)N1CCC[C@@H]1CN(CCO)C(C)C.